The zero-order valence-electron chi connectivity index (χ0n) is 16.5. The number of aromatic amines is 1. The number of hydrazine groups is 1. The fraction of sp³-hybridized carbons (Fsp3) is 0.238. The maximum Gasteiger partial charge on any atom is 0.243 e. The highest BCUT2D eigenvalue weighted by molar-refractivity contribution is 7.22. The number of halogens is 2. The Bertz CT molecular complexity index is 1240. The van der Waals surface area contributed by atoms with Crippen LogP contribution >= 0.6 is 34.5 Å². The molecular formula is C21H21Cl2N5OS. The second-order valence-corrected chi connectivity index (χ2v) is 8.64. The Kier molecular flexibility index (Phi) is 5.88. The minimum absolute atomic E-state index is 0.240. The average molecular weight is 462 g/mol. The van der Waals surface area contributed by atoms with Crippen molar-refractivity contribution in [3.8, 4) is 0 Å². The molecule has 3 heterocycles. The topological polar surface area (TPSA) is 87.0 Å². The third-order valence-corrected chi connectivity index (χ3v) is 6.60. The van der Waals surface area contributed by atoms with E-state index in [1.807, 2.05) is 50.2 Å². The molecule has 0 saturated heterocycles. The molecule has 1 aliphatic rings. The minimum Gasteiger partial charge on any atom is -0.357 e. The molecule has 30 heavy (non-hydrogen) atoms. The summed E-state index contributed by atoms with van der Waals surface area (Å²) in [5, 5.41) is 3.10. The summed E-state index contributed by atoms with van der Waals surface area (Å²) >= 11 is 13.9. The molecule has 0 spiro atoms. The molecule has 0 saturated carbocycles. The van der Waals surface area contributed by atoms with E-state index in [2.05, 4.69) is 15.3 Å². The predicted molar refractivity (Wildman–Crippen MR) is 125 cm³/mol. The number of H-pyrrole nitrogens is 1. The lowest BCUT2D eigenvalue weighted by molar-refractivity contribution is -0.122. The number of nitrogens with two attached hydrogens (primary N) is 1. The van der Waals surface area contributed by atoms with Crippen LogP contribution in [0.15, 0.2) is 36.4 Å². The highest BCUT2D eigenvalue weighted by Crippen LogP contribution is 2.39. The van der Waals surface area contributed by atoms with Gasteiger partial charge in [-0.25, -0.2) is 10.8 Å². The Labute approximate surface area is 187 Å². The molecule has 0 fully saturated rings. The van der Waals surface area contributed by atoms with Gasteiger partial charge in [-0.1, -0.05) is 48.4 Å². The van der Waals surface area contributed by atoms with Crippen molar-refractivity contribution in [1.82, 2.24) is 15.4 Å². The van der Waals surface area contributed by atoms with Gasteiger partial charge in [0, 0.05) is 33.2 Å². The number of rotatable bonds is 2. The van der Waals surface area contributed by atoms with Crippen molar-refractivity contribution < 1.29 is 4.79 Å². The molecule has 4 N–H and O–H groups in total. The first-order valence-corrected chi connectivity index (χ1v) is 11.2. The number of thiazole rings is 1. The number of aromatic nitrogens is 2. The minimum atomic E-state index is -0.434. The van der Waals surface area contributed by atoms with Gasteiger partial charge in [0.25, 0.3) is 0 Å². The molecule has 2 aromatic heterocycles. The van der Waals surface area contributed by atoms with Crippen molar-refractivity contribution >= 4 is 66.7 Å². The van der Waals surface area contributed by atoms with Gasteiger partial charge >= 0.3 is 0 Å². The summed E-state index contributed by atoms with van der Waals surface area (Å²) in [7, 11) is 0. The molecule has 1 atom stereocenters. The lowest BCUT2D eigenvalue weighted by atomic mass is 9.91. The zero-order valence-corrected chi connectivity index (χ0v) is 18.8. The van der Waals surface area contributed by atoms with Gasteiger partial charge in [-0.3, -0.25) is 10.2 Å². The van der Waals surface area contributed by atoms with Gasteiger partial charge in [-0.15, -0.1) is 0 Å². The number of carbonyl (C=O) groups is 1. The summed E-state index contributed by atoms with van der Waals surface area (Å²) in [5.41, 5.74) is 6.05. The lowest BCUT2D eigenvalue weighted by Gasteiger charge is -2.31. The molecule has 4 aromatic rings. The molecule has 2 aromatic carbocycles. The van der Waals surface area contributed by atoms with Gasteiger partial charge in [-0.2, -0.15) is 0 Å². The van der Waals surface area contributed by atoms with Crippen LogP contribution in [0.1, 0.15) is 31.0 Å². The summed E-state index contributed by atoms with van der Waals surface area (Å²) in [6.07, 6.45) is 0. The first kappa shape index (κ1) is 20.9. The molecule has 9 heteroatoms. The van der Waals surface area contributed by atoms with Crippen LogP contribution < -0.4 is 16.2 Å². The molecule has 0 aliphatic carbocycles. The van der Waals surface area contributed by atoms with Crippen LogP contribution in [0.3, 0.4) is 0 Å². The van der Waals surface area contributed by atoms with E-state index in [9.17, 15) is 4.79 Å². The van der Waals surface area contributed by atoms with Crippen molar-refractivity contribution in [2.24, 2.45) is 5.84 Å². The van der Waals surface area contributed by atoms with Crippen LogP contribution in [0.5, 0.6) is 0 Å². The maximum absolute atomic E-state index is 12.6. The number of anilines is 1. The number of fused-ring (bicyclic) bond motifs is 4. The van der Waals surface area contributed by atoms with E-state index < -0.39 is 5.92 Å². The summed E-state index contributed by atoms with van der Waals surface area (Å²) in [5.74, 6) is 4.81. The molecule has 0 radical (unpaired) electrons. The van der Waals surface area contributed by atoms with Crippen LogP contribution in [-0.2, 0) is 11.3 Å². The van der Waals surface area contributed by atoms with Crippen molar-refractivity contribution in [2.45, 2.75) is 26.3 Å². The Morgan fingerprint density at radius 2 is 1.97 bits per heavy atom. The van der Waals surface area contributed by atoms with Crippen LogP contribution in [-0.4, -0.2) is 22.4 Å². The number of hydrogen-bond acceptors (Lipinski definition) is 5. The SMILES string of the molecule is CC.NNC(=O)C1CN(c2nc3ccc(Cl)cc3s2)Cc2[nH]c3ccc(Cl)cc3c21. The summed E-state index contributed by atoms with van der Waals surface area (Å²) in [6, 6.07) is 11.3. The summed E-state index contributed by atoms with van der Waals surface area (Å²) < 4.78 is 1.01. The Balaban J connectivity index is 0.00000106. The standard InChI is InChI=1S/C19H15Cl2N5OS.C2H6/c20-9-1-3-13-11(5-9)17-12(18(27)25-22)7-26(8-15(17)23-13)19-24-14-4-2-10(21)6-16(14)28-19;1-2/h1-6,12,23H,7-8,22H2,(H,25,27);1-2H3. The van der Waals surface area contributed by atoms with E-state index in [4.69, 9.17) is 34.0 Å². The van der Waals surface area contributed by atoms with E-state index >= 15 is 0 Å². The van der Waals surface area contributed by atoms with E-state index in [1.165, 1.54) is 0 Å². The first-order chi connectivity index (χ1) is 14.5. The fourth-order valence-corrected chi connectivity index (χ4v) is 5.23. The molecule has 1 unspecified atom stereocenters. The first-order valence-electron chi connectivity index (χ1n) is 9.65. The van der Waals surface area contributed by atoms with Crippen LogP contribution in [0, 0.1) is 0 Å². The third-order valence-electron chi connectivity index (χ3n) is 5.05. The number of benzene rings is 2. The highest BCUT2D eigenvalue weighted by atomic mass is 35.5. The molecule has 1 aliphatic heterocycles. The second-order valence-electron chi connectivity index (χ2n) is 6.76. The second kappa shape index (κ2) is 8.43. The van der Waals surface area contributed by atoms with Gasteiger partial charge in [0.05, 0.1) is 22.7 Å². The molecule has 1 amide bonds. The van der Waals surface area contributed by atoms with E-state index in [0.717, 1.165) is 37.5 Å². The number of carbonyl (C=O) groups excluding carboxylic acids is 1. The summed E-state index contributed by atoms with van der Waals surface area (Å²) in [4.78, 5) is 22.9. The average Bonchev–Trinajstić information content (AvgIpc) is 3.34. The molecular weight excluding hydrogens is 441 g/mol. The van der Waals surface area contributed by atoms with Crippen molar-refractivity contribution in [3.05, 3.63) is 57.7 Å². The Morgan fingerprint density at radius 1 is 1.23 bits per heavy atom. The van der Waals surface area contributed by atoms with E-state index in [-0.39, 0.29) is 5.91 Å². The van der Waals surface area contributed by atoms with Crippen molar-refractivity contribution in [3.63, 3.8) is 0 Å². The normalized spacial score (nSPS) is 15.6. The van der Waals surface area contributed by atoms with Gasteiger partial charge in [0.2, 0.25) is 5.91 Å². The van der Waals surface area contributed by atoms with Crippen molar-refractivity contribution in [1.29, 1.82) is 0 Å². The summed E-state index contributed by atoms with van der Waals surface area (Å²) in [6.45, 7) is 5.09. The lowest BCUT2D eigenvalue weighted by Crippen LogP contribution is -2.43. The zero-order chi connectivity index (χ0) is 21.4. The number of hydrogen-bond donors (Lipinski definition) is 3. The van der Waals surface area contributed by atoms with Crippen LogP contribution in [0.25, 0.3) is 21.1 Å². The molecule has 6 nitrogen and oxygen atoms in total. The highest BCUT2D eigenvalue weighted by Gasteiger charge is 2.34. The monoisotopic (exact) mass is 461 g/mol. The van der Waals surface area contributed by atoms with Crippen molar-refractivity contribution in [2.75, 3.05) is 11.4 Å². The third kappa shape index (κ3) is 3.63. The number of nitrogens with zero attached hydrogens (tertiary/aromatic N) is 2. The van der Waals surface area contributed by atoms with Gasteiger partial charge in [-0.05, 0) is 42.0 Å². The van der Waals surface area contributed by atoms with Crippen LogP contribution in [0.2, 0.25) is 10.0 Å². The smallest absolute Gasteiger partial charge is 0.243 e. The number of nitrogens with one attached hydrogen (secondary N) is 2. The molecule has 5 rings (SSSR count). The van der Waals surface area contributed by atoms with Gasteiger partial charge < -0.3 is 9.88 Å². The fourth-order valence-electron chi connectivity index (χ4n) is 3.81. The molecule has 156 valence electrons. The maximum atomic E-state index is 12.6. The van der Waals surface area contributed by atoms with E-state index in [1.54, 1.807) is 11.3 Å². The van der Waals surface area contributed by atoms with Gasteiger partial charge in [0.15, 0.2) is 5.13 Å². The number of amides is 1. The predicted octanol–water partition coefficient (Wildman–Crippen LogP) is 5.20. The Morgan fingerprint density at radius 3 is 2.73 bits per heavy atom. The van der Waals surface area contributed by atoms with E-state index in [0.29, 0.717) is 23.1 Å². The quantitative estimate of drug-likeness (QED) is 0.217. The Hall–Kier alpha value is -2.32. The largest absolute Gasteiger partial charge is 0.357 e. The van der Waals surface area contributed by atoms with Gasteiger partial charge in [0.1, 0.15) is 0 Å². The molecule has 0 bridgehead atoms. The van der Waals surface area contributed by atoms with Crippen LogP contribution in [0.4, 0.5) is 5.13 Å².